The Balaban J connectivity index is 1.42. The number of hydrogen-bond donors (Lipinski definition) is 1. The lowest BCUT2D eigenvalue weighted by molar-refractivity contribution is -0.142. The summed E-state index contributed by atoms with van der Waals surface area (Å²) in [4.78, 5) is 21.9. The van der Waals surface area contributed by atoms with Gasteiger partial charge in [-0.3, -0.25) is 4.79 Å². The van der Waals surface area contributed by atoms with Crippen LogP contribution in [-0.2, 0) is 6.18 Å². The van der Waals surface area contributed by atoms with Crippen molar-refractivity contribution in [3.63, 3.8) is 0 Å². The number of hydrogen-bond acceptors (Lipinski definition) is 5. The van der Waals surface area contributed by atoms with Gasteiger partial charge < -0.3 is 15.1 Å². The molecule has 4 aromatic rings. The third-order valence-electron chi connectivity index (χ3n) is 6.49. The van der Waals surface area contributed by atoms with Crippen LogP contribution in [0.15, 0.2) is 65.1 Å². The number of alkyl halides is 3. The van der Waals surface area contributed by atoms with Crippen molar-refractivity contribution in [2.24, 2.45) is 0 Å². The van der Waals surface area contributed by atoms with E-state index in [1.165, 1.54) is 0 Å². The summed E-state index contributed by atoms with van der Waals surface area (Å²) in [5.41, 5.74) is 0.881. The van der Waals surface area contributed by atoms with Gasteiger partial charge >= 0.3 is 6.18 Å². The van der Waals surface area contributed by atoms with Crippen LogP contribution in [0.2, 0.25) is 0 Å². The summed E-state index contributed by atoms with van der Waals surface area (Å²) in [7, 11) is 4.14. The summed E-state index contributed by atoms with van der Waals surface area (Å²) < 4.78 is 42.5. The number of rotatable bonds is 5. The SMILES string of the molecule is CN(C)C1CCN(c2ccc(NC(=O)c3nn4c(C(F)(F)F)cc(-c5ccccc5)nc4c3Br)cc2)C1. The molecule has 1 aliphatic rings. The lowest BCUT2D eigenvalue weighted by Crippen LogP contribution is -2.31. The number of amides is 1. The summed E-state index contributed by atoms with van der Waals surface area (Å²) in [6.45, 7) is 1.87. The standard InChI is InChI=1S/C26H24BrF3N6O/c1-34(2)19-12-13-35(15-19)18-10-8-17(9-11-18)31-25(37)23-22(27)24-32-20(16-6-4-3-5-7-16)14-21(26(28,29)30)36(24)33-23/h3-11,14,19H,12-13,15H2,1-2H3,(H,31,37). The van der Waals surface area contributed by atoms with E-state index in [9.17, 15) is 18.0 Å². The third kappa shape index (κ3) is 5.05. The summed E-state index contributed by atoms with van der Waals surface area (Å²) in [5.74, 6) is -0.645. The maximum Gasteiger partial charge on any atom is 0.433 e. The van der Waals surface area contributed by atoms with E-state index in [0.29, 0.717) is 21.8 Å². The van der Waals surface area contributed by atoms with Crippen LogP contribution in [0.3, 0.4) is 0 Å². The zero-order chi connectivity index (χ0) is 26.3. The Hall–Kier alpha value is -3.44. The van der Waals surface area contributed by atoms with E-state index in [4.69, 9.17) is 0 Å². The topological polar surface area (TPSA) is 65.8 Å². The molecule has 0 bridgehead atoms. The molecule has 1 fully saturated rings. The van der Waals surface area contributed by atoms with Crippen molar-refractivity contribution in [3.05, 3.63) is 76.5 Å². The Morgan fingerprint density at radius 1 is 1.11 bits per heavy atom. The van der Waals surface area contributed by atoms with Crippen LogP contribution in [0.1, 0.15) is 22.6 Å². The van der Waals surface area contributed by atoms with E-state index >= 15 is 0 Å². The lowest BCUT2D eigenvalue weighted by Gasteiger charge is -2.22. The maximum atomic E-state index is 13.9. The molecule has 1 saturated heterocycles. The number of nitrogens with one attached hydrogen (secondary N) is 1. The minimum Gasteiger partial charge on any atom is -0.370 e. The van der Waals surface area contributed by atoms with Gasteiger partial charge in [-0.2, -0.15) is 18.3 Å². The first-order valence-electron chi connectivity index (χ1n) is 11.7. The second-order valence-electron chi connectivity index (χ2n) is 9.14. The predicted octanol–water partition coefficient (Wildman–Crippen LogP) is 5.57. The summed E-state index contributed by atoms with van der Waals surface area (Å²) >= 11 is 3.26. The molecule has 1 aliphatic heterocycles. The van der Waals surface area contributed by atoms with Crippen LogP contribution in [-0.4, -0.2) is 58.6 Å². The monoisotopic (exact) mass is 572 g/mol. The highest BCUT2D eigenvalue weighted by Gasteiger charge is 2.36. The predicted molar refractivity (Wildman–Crippen MR) is 140 cm³/mol. The molecule has 0 spiro atoms. The second-order valence-corrected chi connectivity index (χ2v) is 9.93. The third-order valence-corrected chi connectivity index (χ3v) is 7.22. The zero-order valence-electron chi connectivity index (χ0n) is 20.1. The molecule has 37 heavy (non-hydrogen) atoms. The van der Waals surface area contributed by atoms with Crippen LogP contribution in [0.5, 0.6) is 0 Å². The van der Waals surface area contributed by atoms with Crippen LogP contribution in [0.25, 0.3) is 16.9 Å². The molecule has 5 rings (SSSR count). The van der Waals surface area contributed by atoms with Crippen molar-refractivity contribution in [1.29, 1.82) is 0 Å². The van der Waals surface area contributed by atoms with E-state index in [1.54, 1.807) is 42.5 Å². The smallest absolute Gasteiger partial charge is 0.370 e. The van der Waals surface area contributed by atoms with Crippen LogP contribution in [0.4, 0.5) is 24.5 Å². The number of halogens is 4. The van der Waals surface area contributed by atoms with Gasteiger partial charge in [0.25, 0.3) is 5.91 Å². The van der Waals surface area contributed by atoms with E-state index in [0.717, 1.165) is 31.3 Å². The normalized spacial score (nSPS) is 16.1. The molecule has 7 nitrogen and oxygen atoms in total. The molecule has 2 aromatic heterocycles. The van der Waals surface area contributed by atoms with Gasteiger partial charge in [0.15, 0.2) is 17.0 Å². The quantitative estimate of drug-likeness (QED) is 0.338. The van der Waals surface area contributed by atoms with E-state index in [1.807, 2.05) is 12.1 Å². The average Bonchev–Trinajstić information content (AvgIpc) is 3.50. The highest BCUT2D eigenvalue weighted by atomic mass is 79.9. The number of nitrogens with zero attached hydrogens (tertiary/aromatic N) is 5. The number of carbonyl (C=O) groups excluding carboxylic acids is 1. The van der Waals surface area contributed by atoms with Gasteiger partial charge in [-0.25, -0.2) is 9.50 Å². The van der Waals surface area contributed by atoms with Gasteiger partial charge in [0.2, 0.25) is 0 Å². The number of anilines is 2. The van der Waals surface area contributed by atoms with Gasteiger partial charge in [0.05, 0.1) is 10.2 Å². The molecule has 3 heterocycles. The van der Waals surface area contributed by atoms with E-state index < -0.39 is 17.8 Å². The Morgan fingerprint density at radius 2 is 1.81 bits per heavy atom. The molecular formula is C26H24BrF3N6O. The molecule has 2 aromatic carbocycles. The van der Waals surface area contributed by atoms with Crippen molar-refractivity contribution < 1.29 is 18.0 Å². The highest BCUT2D eigenvalue weighted by Crippen LogP contribution is 2.35. The molecule has 1 N–H and O–H groups in total. The van der Waals surface area contributed by atoms with Crippen molar-refractivity contribution in [2.45, 2.75) is 18.6 Å². The first kappa shape index (κ1) is 25.2. The fourth-order valence-electron chi connectivity index (χ4n) is 4.44. The minimum atomic E-state index is -4.71. The first-order valence-corrected chi connectivity index (χ1v) is 12.5. The Labute approximate surface area is 220 Å². The molecule has 1 amide bonds. The van der Waals surface area contributed by atoms with Gasteiger partial charge in [-0.05, 0) is 66.8 Å². The fraction of sp³-hybridized carbons (Fsp3) is 0.269. The Bertz CT molecular complexity index is 1440. The van der Waals surface area contributed by atoms with Crippen molar-refractivity contribution >= 4 is 38.9 Å². The Morgan fingerprint density at radius 3 is 2.43 bits per heavy atom. The molecule has 192 valence electrons. The lowest BCUT2D eigenvalue weighted by atomic mass is 10.1. The van der Waals surface area contributed by atoms with Gasteiger partial charge in [-0.1, -0.05) is 30.3 Å². The molecule has 0 saturated carbocycles. The van der Waals surface area contributed by atoms with Gasteiger partial charge in [-0.15, -0.1) is 0 Å². The average molecular weight is 573 g/mol. The molecule has 11 heteroatoms. The summed E-state index contributed by atoms with van der Waals surface area (Å²) in [6, 6.07) is 17.3. The Kier molecular flexibility index (Phi) is 6.67. The summed E-state index contributed by atoms with van der Waals surface area (Å²) in [5, 5.41) is 6.71. The van der Waals surface area contributed by atoms with Crippen molar-refractivity contribution in [3.8, 4) is 11.3 Å². The van der Waals surface area contributed by atoms with Crippen molar-refractivity contribution in [2.75, 3.05) is 37.4 Å². The van der Waals surface area contributed by atoms with Gasteiger partial charge in [0.1, 0.15) is 0 Å². The summed E-state index contributed by atoms with van der Waals surface area (Å²) in [6.07, 6.45) is -3.63. The first-order chi connectivity index (χ1) is 17.6. The molecule has 0 radical (unpaired) electrons. The largest absolute Gasteiger partial charge is 0.433 e. The molecule has 1 unspecified atom stereocenters. The van der Waals surface area contributed by atoms with Crippen LogP contribution in [0, 0.1) is 0 Å². The molecular weight excluding hydrogens is 549 g/mol. The van der Waals surface area contributed by atoms with Crippen LogP contribution >= 0.6 is 15.9 Å². The minimum absolute atomic E-state index is 0.0803. The number of carbonyl (C=O) groups is 1. The fourth-order valence-corrected chi connectivity index (χ4v) is 4.96. The number of fused-ring (bicyclic) bond motifs is 1. The van der Waals surface area contributed by atoms with E-state index in [-0.39, 0.29) is 21.5 Å². The maximum absolute atomic E-state index is 13.9. The van der Waals surface area contributed by atoms with E-state index in [2.05, 4.69) is 55.2 Å². The molecule has 1 atom stereocenters. The van der Waals surface area contributed by atoms with Crippen LogP contribution < -0.4 is 10.2 Å². The number of likely N-dealkylation sites (N-methyl/N-ethyl adjacent to an activating group) is 1. The second kappa shape index (κ2) is 9.79. The highest BCUT2D eigenvalue weighted by molar-refractivity contribution is 9.10. The number of aromatic nitrogens is 3. The van der Waals surface area contributed by atoms with Gasteiger partial charge in [0, 0.05) is 36.1 Å². The zero-order valence-corrected chi connectivity index (χ0v) is 21.7. The number of benzene rings is 2. The van der Waals surface area contributed by atoms with Crippen molar-refractivity contribution in [1.82, 2.24) is 19.5 Å². The molecule has 0 aliphatic carbocycles.